The summed E-state index contributed by atoms with van der Waals surface area (Å²) in [6.07, 6.45) is 0.889. The van der Waals surface area contributed by atoms with E-state index in [1.165, 1.54) is 5.56 Å². The van der Waals surface area contributed by atoms with Crippen LogP contribution in [0.25, 0.3) is 0 Å². The normalized spacial score (nSPS) is 13.9. The molecule has 19 heavy (non-hydrogen) atoms. The number of hydrogen-bond donors (Lipinski definition) is 3. The zero-order chi connectivity index (χ0) is 13.2. The number of nitrogens with zero attached hydrogens (tertiary/aromatic N) is 1. The van der Waals surface area contributed by atoms with E-state index in [2.05, 4.69) is 20.8 Å². The van der Waals surface area contributed by atoms with Gasteiger partial charge in [-0.2, -0.15) is 5.10 Å². The summed E-state index contributed by atoms with van der Waals surface area (Å²) in [7, 11) is 0. The van der Waals surface area contributed by atoms with E-state index >= 15 is 0 Å². The van der Waals surface area contributed by atoms with Gasteiger partial charge in [0.1, 0.15) is 0 Å². The number of carbonyl (C=O) groups is 1. The molecule has 1 aromatic heterocycles. The quantitative estimate of drug-likeness (QED) is 0.764. The van der Waals surface area contributed by atoms with Gasteiger partial charge in [0.25, 0.3) is 5.91 Å². The summed E-state index contributed by atoms with van der Waals surface area (Å²) in [5.74, 6) is -0.162. The molecule has 1 aliphatic rings. The molecule has 1 amide bonds. The Balaban J connectivity index is 1.80. The number of amides is 1. The highest BCUT2D eigenvalue weighted by Crippen LogP contribution is 2.17. The lowest BCUT2D eigenvalue weighted by Gasteiger charge is -2.12. The van der Waals surface area contributed by atoms with E-state index < -0.39 is 0 Å². The average Bonchev–Trinajstić information content (AvgIpc) is 2.85. The standard InChI is InChI=1S/C14H16N4O/c1-9-2-4-10(5-3-9)16-14(19)13-11-8-15-7-6-12(11)17-18-13/h2-5,15H,6-8H2,1H3,(H,16,19)(H,17,18). The summed E-state index contributed by atoms with van der Waals surface area (Å²) < 4.78 is 0. The predicted molar refractivity (Wildman–Crippen MR) is 73.1 cm³/mol. The van der Waals surface area contributed by atoms with Gasteiger partial charge in [-0.15, -0.1) is 0 Å². The molecule has 0 aliphatic carbocycles. The average molecular weight is 256 g/mol. The highest BCUT2D eigenvalue weighted by atomic mass is 16.1. The van der Waals surface area contributed by atoms with Crippen molar-refractivity contribution in [1.82, 2.24) is 15.5 Å². The number of carbonyl (C=O) groups excluding carboxylic acids is 1. The molecule has 0 atom stereocenters. The van der Waals surface area contributed by atoms with Crippen molar-refractivity contribution in [1.29, 1.82) is 0 Å². The number of anilines is 1. The SMILES string of the molecule is Cc1ccc(NC(=O)c2n[nH]c3c2CNCC3)cc1. The van der Waals surface area contributed by atoms with Crippen LogP contribution in [-0.2, 0) is 13.0 Å². The minimum atomic E-state index is -0.162. The number of aromatic amines is 1. The minimum Gasteiger partial charge on any atom is -0.321 e. The van der Waals surface area contributed by atoms with Gasteiger partial charge in [-0.05, 0) is 19.1 Å². The van der Waals surface area contributed by atoms with Crippen molar-refractivity contribution in [2.24, 2.45) is 0 Å². The van der Waals surface area contributed by atoms with Gasteiger partial charge in [0.15, 0.2) is 5.69 Å². The number of aromatic nitrogens is 2. The van der Waals surface area contributed by atoms with Crippen molar-refractivity contribution in [3.63, 3.8) is 0 Å². The van der Waals surface area contributed by atoms with Crippen LogP contribution in [0.1, 0.15) is 27.3 Å². The fraction of sp³-hybridized carbons (Fsp3) is 0.286. The lowest BCUT2D eigenvalue weighted by molar-refractivity contribution is 0.102. The fourth-order valence-corrected chi connectivity index (χ4v) is 2.24. The second-order valence-corrected chi connectivity index (χ2v) is 4.78. The first-order chi connectivity index (χ1) is 9.24. The molecule has 1 aromatic carbocycles. The van der Waals surface area contributed by atoms with Crippen LogP contribution in [0.5, 0.6) is 0 Å². The van der Waals surface area contributed by atoms with E-state index in [4.69, 9.17) is 0 Å². The molecule has 5 nitrogen and oxygen atoms in total. The Morgan fingerprint density at radius 3 is 2.89 bits per heavy atom. The highest BCUT2D eigenvalue weighted by molar-refractivity contribution is 6.04. The molecule has 0 bridgehead atoms. The Kier molecular flexibility index (Phi) is 3.05. The molecule has 98 valence electrons. The third-order valence-electron chi connectivity index (χ3n) is 3.33. The van der Waals surface area contributed by atoms with Crippen molar-refractivity contribution >= 4 is 11.6 Å². The molecule has 5 heteroatoms. The Labute approximate surface area is 111 Å². The van der Waals surface area contributed by atoms with E-state index in [1.54, 1.807) is 0 Å². The molecule has 1 aliphatic heterocycles. The van der Waals surface area contributed by atoms with E-state index in [9.17, 15) is 4.79 Å². The smallest absolute Gasteiger partial charge is 0.276 e. The molecule has 2 heterocycles. The van der Waals surface area contributed by atoms with Crippen LogP contribution < -0.4 is 10.6 Å². The van der Waals surface area contributed by atoms with Crippen LogP contribution >= 0.6 is 0 Å². The fourth-order valence-electron chi connectivity index (χ4n) is 2.24. The van der Waals surface area contributed by atoms with Gasteiger partial charge in [0, 0.05) is 36.5 Å². The molecular weight excluding hydrogens is 240 g/mol. The number of aryl methyl sites for hydroxylation is 1. The van der Waals surface area contributed by atoms with Gasteiger partial charge in [-0.3, -0.25) is 9.89 Å². The molecule has 0 saturated carbocycles. The van der Waals surface area contributed by atoms with Crippen LogP contribution in [0.4, 0.5) is 5.69 Å². The first-order valence-electron chi connectivity index (χ1n) is 6.39. The maximum Gasteiger partial charge on any atom is 0.276 e. The van der Waals surface area contributed by atoms with E-state index in [1.807, 2.05) is 31.2 Å². The molecular formula is C14H16N4O. The highest BCUT2D eigenvalue weighted by Gasteiger charge is 2.21. The monoisotopic (exact) mass is 256 g/mol. The number of rotatable bonds is 2. The molecule has 0 saturated heterocycles. The minimum absolute atomic E-state index is 0.162. The summed E-state index contributed by atoms with van der Waals surface area (Å²) in [6, 6.07) is 7.73. The molecule has 0 radical (unpaired) electrons. The first kappa shape index (κ1) is 11.9. The molecule has 2 aromatic rings. The van der Waals surface area contributed by atoms with Crippen molar-refractivity contribution in [2.45, 2.75) is 19.9 Å². The topological polar surface area (TPSA) is 69.8 Å². The summed E-state index contributed by atoms with van der Waals surface area (Å²) in [4.78, 5) is 12.2. The largest absolute Gasteiger partial charge is 0.321 e. The second kappa shape index (κ2) is 4.85. The summed E-state index contributed by atoms with van der Waals surface area (Å²) in [6.45, 7) is 3.64. The summed E-state index contributed by atoms with van der Waals surface area (Å²) in [5, 5.41) is 13.2. The van der Waals surface area contributed by atoms with Crippen molar-refractivity contribution < 1.29 is 4.79 Å². The molecule has 3 rings (SSSR count). The van der Waals surface area contributed by atoms with E-state index in [0.29, 0.717) is 12.2 Å². The molecule has 0 unspecified atom stereocenters. The third-order valence-corrected chi connectivity index (χ3v) is 3.33. The third kappa shape index (κ3) is 2.37. The lowest BCUT2D eigenvalue weighted by atomic mass is 10.1. The van der Waals surface area contributed by atoms with E-state index in [-0.39, 0.29) is 5.91 Å². The Morgan fingerprint density at radius 2 is 2.11 bits per heavy atom. The second-order valence-electron chi connectivity index (χ2n) is 4.78. The van der Waals surface area contributed by atoms with Crippen molar-refractivity contribution in [3.8, 4) is 0 Å². The number of benzene rings is 1. The van der Waals surface area contributed by atoms with Crippen LogP contribution in [0.15, 0.2) is 24.3 Å². The van der Waals surface area contributed by atoms with Gasteiger partial charge < -0.3 is 10.6 Å². The number of nitrogens with one attached hydrogen (secondary N) is 3. The van der Waals surface area contributed by atoms with Crippen LogP contribution in [0.3, 0.4) is 0 Å². The maximum atomic E-state index is 12.2. The van der Waals surface area contributed by atoms with Crippen molar-refractivity contribution in [3.05, 3.63) is 46.8 Å². The molecule has 0 fully saturated rings. The number of H-pyrrole nitrogens is 1. The Hall–Kier alpha value is -2.14. The molecule has 0 spiro atoms. The first-order valence-corrected chi connectivity index (χ1v) is 6.39. The van der Waals surface area contributed by atoms with Gasteiger partial charge >= 0.3 is 0 Å². The zero-order valence-electron chi connectivity index (χ0n) is 10.8. The van der Waals surface area contributed by atoms with Gasteiger partial charge in [-0.1, -0.05) is 17.7 Å². The van der Waals surface area contributed by atoms with Gasteiger partial charge in [0.05, 0.1) is 0 Å². The zero-order valence-corrected chi connectivity index (χ0v) is 10.8. The van der Waals surface area contributed by atoms with Gasteiger partial charge in [0.2, 0.25) is 0 Å². The maximum absolute atomic E-state index is 12.2. The summed E-state index contributed by atoms with van der Waals surface area (Å²) >= 11 is 0. The van der Waals surface area contributed by atoms with Crippen LogP contribution in [0, 0.1) is 6.92 Å². The molecule has 3 N–H and O–H groups in total. The number of fused-ring (bicyclic) bond motifs is 1. The van der Waals surface area contributed by atoms with Crippen LogP contribution in [-0.4, -0.2) is 22.6 Å². The predicted octanol–water partition coefficient (Wildman–Crippen LogP) is 1.62. The van der Waals surface area contributed by atoms with Gasteiger partial charge in [-0.25, -0.2) is 0 Å². The lowest BCUT2D eigenvalue weighted by Crippen LogP contribution is -2.25. The summed E-state index contributed by atoms with van der Waals surface area (Å²) in [5.41, 5.74) is 4.49. The van der Waals surface area contributed by atoms with E-state index in [0.717, 1.165) is 29.9 Å². The Bertz CT molecular complexity index is 600. The number of hydrogen-bond acceptors (Lipinski definition) is 3. The van der Waals surface area contributed by atoms with Crippen LogP contribution in [0.2, 0.25) is 0 Å². The Morgan fingerprint density at radius 1 is 1.32 bits per heavy atom. The van der Waals surface area contributed by atoms with Crippen molar-refractivity contribution in [2.75, 3.05) is 11.9 Å².